The summed E-state index contributed by atoms with van der Waals surface area (Å²) in [6.07, 6.45) is 1.92. The maximum Gasteiger partial charge on any atom is 0.324 e. The Morgan fingerprint density at radius 2 is 1.86 bits per heavy atom. The number of nitrogens with zero attached hydrogens (tertiary/aromatic N) is 2. The van der Waals surface area contributed by atoms with Gasteiger partial charge in [-0.1, -0.05) is 6.07 Å². The fraction of sp³-hybridized carbons (Fsp3) is 0.0588. The average molecular weight is 290 g/mol. The van der Waals surface area contributed by atoms with Crippen molar-refractivity contribution in [1.29, 1.82) is 5.26 Å². The molecule has 2 aromatic heterocycles. The molecule has 108 valence electrons. The van der Waals surface area contributed by atoms with Gasteiger partial charge < -0.3 is 9.72 Å². The van der Waals surface area contributed by atoms with E-state index < -0.39 is 0 Å². The Hall–Kier alpha value is -3.26. The lowest BCUT2D eigenvalue weighted by Crippen LogP contribution is -2.20. The van der Waals surface area contributed by atoms with Gasteiger partial charge in [0.25, 0.3) is 0 Å². The van der Waals surface area contributed by atoms with Crippen LogP contribution in [0.3, 0.4) is 0 Å². The monoisotopic (exact) mass is 290 g/mol. The molecule has 5 heteroatoms. The van der Waals surface area contributed by atoms with Gasteiger partial charge in [-0.25, -0.2) is 4.79 Å². The van der Waals surface area contributed by atoms with E-state index in [1.54, 1.807) is 24.3 Å². The van der Waals surface area contributed by atoms with Crippen LogP contribution in [0.25, 0.3) is 5.52 Å². The van der Waals surface area contributed by atoms with Crippen LogP contribution in [0.1, 0.15) is 11.1 Å². The minimum atomic E-state index is -0.330. The van der Waals surface area contributed by atoms with E-state index >= 15 is 0 Å². The average Bonchev–Trinajstić information content (AvgIpc) is 2.91. The number of nitriles is 1. The van der Waals surface area contributed by atoms with Crippen LogP contribution < -0.4 is 10.6 Å². The number of urea groups is 1. The van der Waals surface area contributed by atoms with Crippen molar-refractivity contribution < 1.29 is 4.79 Å². The topological polar surface area (TPSA) is 69.3 Å². The predicted molar refractivity (Wildman–Crippen MR) is 85.9 cm³/mol. The first-order chi connectivity index (χ1) is 10.7. The second kappa shape index (κ2) is 5.62. The zero-order valence-electron chi connectivity index (χ0n) is 12.0. The number of fused-ring (bicyclic) bond motifs is 1. The van der Waals surface area contributed by atoms with Crippen LogP contribution in [0.4, 0.5) is 16.3 Å². The van der Waals surface area contributed by atoms with Crippen LogP contribution >= 0.6 is 0 Å². The van der Waals surface area contributed by atoms with Gasteiger partial charge in [-0.2, -0.15) is 5.26 Å². The molecule has 22 heavy (non-hydrogen) atoms. The van der Waals surface area contributed by atoms with E-state index in [0.29, 0.717) is 17.1 Å². The largest absolute Gasteiger partial charge is 0.324 e. The highest BCUT2D eigenvalue weighted by molar-refractivity contribution is 5.99. The molecule has 5 nitrogen and oxygen atoms in total. The number of nitrogens with one attached hydrogen (secondary N) is 2. The molecule has 0 unspecified atom stereocenters. The molecule has 0 saturated carbocycles. The van der Waals surface area contributed by atoms with E-state index in [2.05, 4.69) is 10.6 Å². The smallest absolute Gasteiger partial charge is 0.308 e. The molecule has 0 aliphatic rings. The van der Waals surface area contributed by atoms with Crippen molar-refractivity contribution in [2.75, 3.05) is 10.6 Å². The van der Waals surface area contributed by atoms with E-state index in [4.69, 9.17) is 5.26 Å². The van der Waals surface area contributed by atoms with Crippen LogP contribution in [0.15, 0.2) is 54.7 Å². The van der Waals surface area contributed by atoms with Crippen LogP contribution in [0.5, 0.6) is 0 Å². The highest BCUT2D eigenvalue weighted by Gasteiger charge is 2.07. The van der Waals surface area contributed by atoms with E-state index in [-0.39, 0.29) is 6.03 Å². The number of carbonyl (C=O) groups excluding carboxylic acids is 1. The Labute approximate surface area is 127 Å². The van der Waals surface area contributed by atoms with Crippen molar-refractivity contribution in [3.8, 4) is 6.07 Å². The molecule has 2 amide bonds. The van der Waals surface area contributed by atoms with Gasteiger partial charge in [0.05, 0.1) is 11.6 Å². The van der Waals surface area contributed by atoms with Crippen molar-refractivity contribution in [3.63, 3.8) is 0 Å². The summed E-state index contributed by atoms with van der Waals surface area (Å²) in [7, 11) is 0. The lowest BCUT2D eigenvalue weighted by molar-refractivity contribution is 0.262. The van der Waals surface area contributed by atoms with Crippen LogP contribution in [0.2, 0.25) is 0 Å². The first-order valence-electron chi connectivity index (χ1n) is 6.82. The lowest BCUT2D eigenvalue weighted by Gasteiger charge is -2.10. The molecular formula is C17H14N4O. The molecule has 0 atom stereocenters. The lowest BCUT2D eigenvalue weighted by atomic mass is 10.2. The molecule has 0 fully saturated rings. The Bertz CT molecular complexity index is 872. The van der Waals surface area contributed by atoms with Crippen LogP contribution in [0, 0.1) is 18.3 Å². The summed E-state index contributed by atoms with van der Waals surface area (Å²) in [5, 5.41) is 14.3. The number of carbonyl (C=O) groups is 1. The van der Waals surface area contributed by atoms with Gasteiger partial charge >= 0.3 is 6.03 Å². The zero-order valence-corrected chi connectivity index (χ0v) is 12.0. The number of anilines is 2. The molecular weight excluding hydrogens is 276 g/mol. The fourth-order valence-electron chi connectivity index (χ4n) is 2.28. The summed E-state index contributed by atoms with van der Waals surface area (Å²) in [4.78, 5) is 12.1. The standard InChI is InChI=1S/C17H14N4O/c1-12-9-10-21-15(12)3-2-4-16(21)20-17(22)19-14-7-5-13(11-18)6-8-14/h2-10H,1H3,(H2,19,20,22). The molecule has 0 saturated heterocycles. The predicted octanol–water partition coefficient (Wildman–Crippen LogP) is 3.76. The molecule has 0 radical (unpaired) electrons. The third-order valence-electron chi connectivity index (χ3n) is 3.42. The van der Waals surface area contributed by atoms with Gasteiger partial charge in [-0.15, -0.1) is 0 Å². The SMILES string of the molecule is Cc1ccn2c(NC(=O)Nc3ccc(C#N)cc3)cccc12. The molecule has 2 heterocycles. The van der Waals surface area contributed by atoms with Crippen molar-refractivity contribution in [2.24, 2.45) is 0 Å². The summed E-state index contributed by atoms with van der Waals surface area (Å²) in [6.45, 7) is 2.02. The molecule has 3 aromatic rings. The first kappa shape index (κ1) is 13.7. The Balaban J connectivity index is 1.77. The molecule has 3 rings (SSSR count). The number of aryl methyl sites for hydroxylation is 1. The number of aromatic nitrogens is 1. The first-order valence-corrected chi connectivity index (χ1v) is 6.82. The summed E-state index contributed by atoms with van der Waals surface area (Å²) in [5.74, 6) is 0.691. The Morgan fingerprint density at radius 1 is 1.09 bits per heavy atom. The highest BCUT2D eigenvalue weighted by atomic mass is 16.2. The number of amides is 2. The summed E-state index contributed by atoms with van der Waals surface area (Å²) in [5.41, 5.74) is 3.39. The number of pyridine rings is 1. The van der Waals surface area contributed by atoms with E-state index in [0.717, 1.165) is 11.1 Å². The van der Waals surface area contributed by atoms with Crippen LogP contribution in [-0.2, 0) is 0 Å². The third kappa shape index (κ3) is 2.63. The Morgan fingerprint density at radius 3 is 2.59 bits per heavy atom. The zero-order chi connectivity index (χ0) is 15.5. The fourth-order valence-corrected chi connectivity index (χ4v) is 2.28. The Kier molecular flexibility index (Phi) is 3.50. The molecule has 0 spiro atoms. The maximum atomic E-state index is 12.1. The highest BCUT2D eigenvalue weighted by Crippen LogP contribution is 2.17. The number of benzene rings is 1. The summed E-state index contributed by atoms with van der Waals surface area (Å²) in [6, 6.07) is 16.1. The molecule has 0 aliphatic carbocycles. The second-order valence-corrected chi connectivity index (χ2v) is 4.93. The van der Waals surface area contributed by atoms with Gasteiger partial charge in [0.15, 0.2) is 0 Å². The normalized spacial score (nSPS) is 10.2. The number of rotatable bonds is 2. The summed E-state index contributed by atoms with van der Waals surface area (Å²) >= 11 is 0. The molecule has 0 bridgehead atoms. The van der Waals surface area contributed by atoms with Crippen molar-refractivity contribution in [1.82, 2.24) is 4.40 Å². The number of hydrogen-bond acceptors (Lipinski definition) is 2. The molecule has 0 aliphatic heterocycles. The van der Waals surface area contributed by atoms with Gasteiger partial charge in [0.1, 0.15) is 5.82 Å². The van der Waals surface area contributed by atoms with E-state index in [9.17, 15) is 4.79 Å². The van der Waals surface area contributed by atoms with Gasteiger partial charge in [-0.3, -0.25) is 5.32 Å². The third-order valence-corrected chi connectivity index (χ3v) is 3.42. The minimum Gasteiger partial charge on any atom is -0.308 e. The van der Waals surface area contributed by atoms with Crippen molar-refractivity contribution in [3.05, 3.63) is 65.9 Å². The molecule has 1 aromatic carbocycles. The number of hydrogen-bond donors (Lipinski definition) is 2. The van der Waals surface area contributed by atoms with Crippen LogP contribution in [-0.4, -0.2) is 10.4 Å². The van der Waals surface area contributed by atoms with Gasteiger partial charge in [-0.05, 0) is 55.0 Å². The van der Waals surface area contributed by atoms with Gasteiger partial charge in [0, 0.05) is 17.4 Å². The minimum absolute atomic E-state index is 0.330. The molecule has 2 N–H and O–H groups in total. The van der Waals surface area contributed by atoms with Crippen molar-refractivity contribution in [2.45, 2.75) is 6.92 Å². The van der Waals surface area contributed by atoms with Gasteiger partial charge in [0.2, 0.25) is 0 Å². The summed E-state index contributed by atoms with van der Waals surface area (Å²) < 4.78 is 1.92. The quantitative estimate of drug-likeness (QED) is 0.754. The van der Waals surface area contributed by atoms with E-state index in [1.165, 1.54) is 0 Å². The van der Waals surface area contributed by atoms with Crippen molar-refractivity contribution >= 4 is 23.1 Å². The maximum absolute atomic E-state index is 12.1. The second-order valence-electron chi connectivity index (χ2n) is 4.93. The van der Waals surface area contributed by atoms with E-state index in [1.807, 2.05) is 47.9 Å².